The number of ether oxygens (including phenoxy) is 1. The summed E-state index contributed by atoms with van der Waals surface area (Å²) in [6.07, 6.45) is 1.87. The highest BCUT2D eigenvalue weighted by Gasteiger charge is 2.18. The fourth-order valence-electron chi connectivity index (χ4n) is 2.33. The number of benzene rings is 1. The minimum absolute atomic E-state index is 0.147. The maximum Gasteiger partial charge on any atom is 0.409 e. The third-order valence-corrected chi connectivity index (χ3v) is 4.23. The largest absolute Gasteiger partial charge is 0.449 e. The molecule has 0 spiro atoms. The number of nitrogens with one attached hydrogen (secondary N) is 1. The molecule has 1 atom stereocenters. The molecule has 0 radical (unpaired) electrons. The second-order valence-corrected chi connectivity index (χ2v) is 6.39. The number of carbonyl (C=O) groups excluding carboxylic acids is 3. The molecule has 0 aromatic heterocycles. The molecule has 0 saturated carbocycles. The summed E-state index contributed by atoms with van der Waals surface area (Å²) in [6.45, 7) is 6.77. The molecule has 1 aromatic rings. The molecular formula is C20H29FN2O4. The van der Waals surface area contributed by atoms with Crippen molar-refractivity contribution in [1.82, 2.24) is 10.2 Å². The Balaban J connectivity index is 2.38. The third-order valence-electron chi connectivity index (χ3n) is 4.23. The highest BCUT2D eigenvalue weighted by atomic mass is 19.1. The fourth-order valence-corrected chi connectivity index (χ4v) is 2.33. The van der Waals surface area contributed by atoms with E-state index in [-0.39, 0.29) is 30.2 Å². The summed E-state index contributed by atoms with van der Waals surface area (Å²) in [5.41, 5.74) is 0.344. The second kappa shape index (κ2) is 12.0. The van der Waals surface area contributed by atoms with Gasteiger partial charge in [0.1, 0.15) is 5.82 Å². The number of hydrogen-bond acceptors (Lipinski definition) is 4. The van der Waals surface area contributed by atoms with Gasteiger partial charge >= 0.3 is 6.09 Å². The highest BCUT2D eigenvalue weighted by molar-refractivity contribution is 5.99. The van der Waals surface area contributed by atoms with Crippen LogP contribution in [0.5, 0.6) is 0 Å². The van der Waals surface area contributed by atoms with Gasteiger partial charge in [0, 0.05) is 24.6 Å². The number of amides is 2. The first-order valence-electron chi connectivity index (χ1n) is 9.37. The van der Waals surface area contributed by atoms with E-state index in [4.69, 9.17) is 4.74 Å². The summed E-state index contributed by atoms with van der Waals surface area (Å²) < 4.78 is 18.1. The fraction of sp³-hybridized carbons (Fsp3) is 0.550. The Labute approximate surface area is 160 Å². The van der Waals surface area contributed by atoms with Crippen molar-refractivity contribution in [3.05, 3.63) is 35.6 Å². The predicted molar refractivity (Wildman–Crippen MR) is 101 cm³/mol. The van der Waals surface area contributed by atoms with Crippen LogP contribution in [0.25, 0.3) is 0 Å². The molecule has 0 saturated heterocycles. The lowest BCUT2D eigenvalue weighted by Crippen LogP contribution is -2.37. The van der Waals surface area contributed by atoms with Crippen LogP contribution < -0.4 is 5.32 Å². The Bertz CT molecular complexity index is 619. The molecule has 1 rings (SSSR count). The number of nitrogens with zero attached hydrogens (tertiary/aromatic N) is 1. The number of carbonyl (C=O) groups is 3. The van der Waals surface area contributed by atoms with Crippen LogP contribution in [0.1, 0.15) is 50.4 Å². The van der Waals surface area contributed by atoms with Gasteiger partial charge in [0.15, 0.2) is 5.78 Å². The minimum Gasteiger partial charge on any atom is -0.449 e. The quantitative estimate of drug-likeness (QED) is 0.471. The Hall–Kier alpha value is -2.44. The maximum atomic E-state index is 12.9. The Morgan fingerprint density at radius 1 is 1.19 bits per heavy atom. The van der Waals surface area contributed by atoms with E-state index in [9.17, 15) is 18.8 Å². The third kappa shape index (κ3) is 8.19. The zero-order chi connectivity index (χ0) is 20.2. The van der Waals surface area contributed by atoms with Crippen LogP contribution in [0.4, 0.5) is 9.18 Å². The molecule has 6 nitrogen and oxygen atoms in total. The van der Waals surface area contributed by atoms with Crippen molar-refractivity contribution in [2.75, 3.05) is 26.2 Å². The Morgan fingerprint density at radius 3 is 2.44 bits per heavy atom. The van der Waals surface area contributed by atoms with Crippen molar-refractivity contribution in [3.8, 4) is 0 Å². The van der Waals surface area contributed by atoms with Crippen LogP contribution in [0.2, 0.25) is 0 Å². The highest BCUT2D eigenvalue weighted by Crippen LogP contribution is 2.07. The first-order chi connectivity index (χ1) is 12.9. The van der Waals surface area contributed by atoms with Crippen LogP contribution in [-0.2, 0) is 9.53 Å². The molecule has 0 heterocycles. The van der Waals surface area contributed by atoms with Gasteiger partial charge in [-0.2, -0.15) is 0 Å². The van der Waals surface area contributed by atoms with Crippen molar-refractivity contribution < 1.29 is 23.5 Å². The van der Waals surface area contributed by atoms with Crippen molar-refractivity contribution in [2.24, 2.45) is 5.92 Å². The van der Waals surface area contributed by atoms with Crippen molar-refractivity contribution in [2.45, 2.75) is 40.0 Å². The van der Waals surface area contributed by atoms with Gasteiger partial charge in [-0.3, -0.25) is 9.59 Å². The molecule has 0 aliphatic heterocycles. The number of unbranched alkanes of at least 4 members (excludes halogenated alkanes) is 1. The van der Waals surface area contributed by atoms with Crippen LogP contribution in [0, 0.1) is 11.7 Å². The summed E-state index contributed by atoms with van der Waals surface area (Å²) in [7, 11) is 0. The topological polar surface area (TPSA) is 75.7 Å². The van der Waals surface area contributed by atoms with Gasteiger partial charge in [-0.05, 0) is 44.0 Å². The lowest BCUT2D eigenvalue weighted by Gasteiger charge is -2.22. The summed E-state index contributed by atoms with van der Waals surface area (Å²) in [5.74, 6) is -1.33. The number of Topliss-reactive ketones (excluding diaryl/α,β-unsaturated/α-hetero) is 1. The van der Waals surface area contributed by atoms with E-state index in [1.54, 1.807) is 11.8 Å². The summed E-state index contributed by atoms with van der Waals surface area (Å²) in [6, 6.07) is 5.18. The first kappa shape index (κ1) is 22.6. The first-order valence-corrected chi connectivity index (χ1v) is 9.37. The molecule has 1 aromatic carbocycles. The van der Waals surface area contributed by atoms with E-state index >= 15 is 0 Å². The number of rotatable bonds is 11. The predicted octanol–water partition coefficient (Wildman–Crippen LogP) is 3.41. The Kier molecular flexibility index (Phi) is 10.1. The average Bonchev–Trinajstić information content (AvgIpc) is 2.66. The smallest absolute Gasteiger partial charge is 0.409 e. The molecule has 0 bridgehead atoms. The molecule has 0 aliphatic rings. The van der Waals surface area contributed by atoms with Crippen LogP contribution in [0.15, 0.2) is 24.3 Å². The van der Waals surface area contributed by atoms with Crippen molar-refractivity contribution >= 4 is 17.8 Å². The van der Waals surface area contributed by atoms with Crippen LogP contribution in [0.3, 0.4) is 0 Å². The van der Waals surface area contributed by atoms with Gasteiger partial charge in [0.25, 0.3) is 0 Å². The van der Waals surface area contributed by atoms with Crippen LogP contribution in [-0.4, -0.2) is 48.9 Å². The van der Waals surface area contributed by atoms with Crippen LogP contribution >= 0.6 is 0 Å². The van der Waals surface area contributed by atoms with E-state index < -0.39 is 5.82 Å². The molecule has 27 heavy (non-hydrogen) atoms. The molecule has 150 valence electrons. The SMILES string of the molecule is CCCCOC(=O)N(CC)CCC(C)C(=O)NCC(=O)c1ccc(F)cc1. The van der Waals surface area contributed by atoms with Crippen molar-refractivity contribution in [1.29, 1.82) is 0 Å². The van der Waals surface area contributed by atoms with E-state index in [1.165, 1.54) is 24.3 Å². The molecular weight excluding hydrogens is 351 g/mol. The second-order valence-electron chi connectivity index (χ2n) is 6.39. The van der Waals surface area contributed by atoms with Gasteiger partial charge < -0.3 is 15.0 Å². The van der Waals surface area contributed by atoms with E-state index in [2.05, 4.69) is 5.32 Å². The zero-order valence-corrected chi connectivity index (χ0v) is 16.3. The van der Waals surface area contributed by atoms with E-state index in [0.717, 1.165) is 12.8 Å². The van der Waals surface area contributed by atoms with E-state index in [0.29, 0.717) is 31.7 Å². The summed E-state index contributed by atoms with van der Waals surface area (Å²) in [5, 5.41) is 2.59. The standard InChI is InChI=1S/C20H29FN2O4/c1-4-6-13-27-20(26)23(5-2)12-11-15(3)19(25)22-14-18(24)16-7-9-17(21)10-8-16/h7-10,15H,4-6,11-14H2,1-3H3,(H,22,25). The lowest BCUT2D eigenvalue weighted by atomic mass is 10.1. The van der Waals surface area contributed by atoms with Crippen molar-refractivity contribution in [3.63, 3.8) is 0 Å². The van der Waals surface area contributed by atoms with Gasteiger partial charge in [-0.25, -0.2) is 9.18 Å². The molecule has 7 heteroatoms. The average molecular weight is 380 g/mol. The van der Waals surface area contributed by atoms with E-state index in [1.807, 2.05) is 13.8 Å². The normalized spacial score (nSPS) is 11.6. The maximum absolute atomic E-state index is 12.9. The molecule has 0 aliphatic carbocycles. The summed E-state index contributed by atoms with van der Waals surface area (Å²) >= 11 is 0. The molecule has 1 N–H and O–H groups in total. The summed E-state index contributed by atoms with van der Waals surface area (Å²) in [4.78, 5) is 37.7. The lowest BCUT2D eigenvalue weighted by molar-refractivity contribution is -0.124. The van der Waals surface area contributed by atoms with Gasteiger partial charge in [-0.15, -0.1) is 0 Å². The zero-order valence-electron chi connectivity index (χ0n) is 16.3. The van der Waals surface area contributed by atoms with Gasteiger partial charge in [0.2, 0.25) is 5.91 Å². The number of hydrogen-bond donors (Lipinski definition) is 1. The van der Waals surface area contributed by atoms with Gasteiger partial charge in [-0.1, -0.05) is 20.3 Å². The molecule has 0 fully saturated rings. The monoisotopic (exact) mass is 380 g/mol. The Morgan fingerprint density at radius 2 is 1.85 bits per heavy atom. The number of halogens is 1. The van der Waals surface area contributed by atoms with Gasteiger partial charge in [0.05, 0.1) is 13.2 Å². The molecule has 1 unspecified atom stereocenters. The minimum atomic E-state index is -0.419. The molecule has 2 amide bonds. The number of ketones is 1.